The molecule has 256 valence electrons. The third-order valence-electron chi connectivity index (χ3n) is 9.33. The topological polar surface area (TPSA) is 53.3 Å². The van der Waals surface area contributed by atoms with Crippen molar-refractivity contribution in [2.24, 2.45) is 14.1 Å². The van der Waals surface area contributed by atoms with Crippen LogP contribution in [0, 0.1) is 0 Å². The summed E-state index contributed by atoms with van der Waals surface area (Å²) < 4.78 is 12.6. The van der Waals surface area contributed by atoms with Gasteiger partial charge in [-0.1, -0.05) is 48.5 Å². The Morgan fingerprint density at radius 1 is 0.423 bits per heavy atom. The first-order valence-electron chi connectivity index (χ1n) is 16.5. The number of imidazole rings is 4. The summed E-state index contributed by atoms with van der Waals surface area (Å²) in [5.74, 6) is 0. The molecule has 0 aliphatic rings. The molecule has 0 saturated heterocycles. The average Bonchev–Trinajstić information content (AvgIpc) is 3.99. The molecule has 0 N–H and O–H groups in total. The second-order valence-corrected chi connectivity index (χ2v) is 12.6. The quantitative estimate of drug-likeness (QED) is 0.153. The van der Waals surface area contributed by atoms with E-state index < -0.39 is 0 Å². The van der Waals surface area contributed by atoms with Gasteiger partial charge in [0.25, 0.3) is 0 Å². The normalized spacial score (nSPS) is 11.0. The van der Waals surface area contributed by atoms with E-state index in [-0.39, 0.29) is 48.0 Å². The molecule has 0 aliphatic carbocycles. The van der Waals surface area contributed by atoms with Crippen LogP contribution in [0.25, 0.3) is 65.8 Å². The van der Waals surface area contributed by atoms with Gasteiger partial charge < -0.3 is 57.1 Å². The van der Waals surface area contributed by atoms with Crippen molar-refractivity contribution in [2.45, 2.75) is 0 Å². The Morgan fingerprint density at radius 3 is 1.06 bits per heavy atom. The Bertz CT molecular complexity index is 2610. The van der Waals surface area contributed by atoms with Crippen molar-refractivity contribution in [1.29, 1.82) is 0 Å². The first-order chi connectivity index (χ1) is 24.6. The highest BCUT2D eigenvalue weighted by Gasteiger charge is 2.14. The Balaban J connectivity index is 0.000000156. The van der Waals surface area contributed by atoms with E-state index in [1.165, 1.54) is 54.5 Å². The molecule has 0 saturated carbocycles. The number of rotatable bonds is 4. The minimum Gasteiger partial charge on any atom is -1.00 e. The first kappa shape index (κ1) is 35.1. The summed E-state index contributed by atoms with van der Waals surface area (Å²) in [6.07, 6.45) is 23.7. The Kier molecular flexibility index (Phi) is 9.93. The summed E-state index contributed by atoms with van der Waals surface area (Å²) >= 11 is 0. The van der Waals surface area contributed by atoms with E-state index >= 15 is 0 Å². The van der Waals surface area contributed by atoms with Crippen LogP contribution in [0.5, 0.6) is 0 Å². The van der Waals surface area contributed by atoms with E-state index in [9.17, 15) is 0 Å². The summed E-state index contributed by atoms with van der Waals surface area (Å²) in [5.41, 5.74) is 4.65. The molecule has 10 rings (SSSR count). The summed E-state index contributed by atoms with van der Waals surface area (Å²) in [7, 11) is 4.09. The van der Waals surface area contributed by atoms with Gasteiger partial charge >= 0.3 is 0 Å². The molecule has 0 unspecified atom stereocenters. The largest absolute Gasteiger partial charge is 1.00 e. The number of fused-ring (bicyclic) bond motifs is 4. The van der Waals surface area contributed by atoms with Gasteiger partial charge in [-0.25, -0.2) is 28.2 Å². The van der Waals surface area contributed by atoms with Gasteiger partial charge in [-0.2, -0.15) is 0 Å². The predicted octanol–water partition coefficient (Wildman–Crippen LogP) is 1.60. The van der Waals surface area contributed by atoms with E-state index in [4.69, 9.17) is 0 Å². The van der Waals surface area contributed by atoms with Crippen molar-refractivity contribution >= 4 is 43.1 Å². The molecular formula is C42H34I2N8. The Morgan fingerprint density at radius 2 is 0.769 bits per heavy atom. The highest BCUT2D eigenvalue weighted by Crippen LogP contribution is 2.32. The fraction of sp³-hybridized carbons (Fsp3) is 0.0476. The molecule has 0 radical (unpaired) electrons. The average molecular weight is 905 g/mol. The molecule has 52 heavy (non-hydrogen) atoms. The lowest BCUT2D eigenvalue weighted by atomic mass is 10.0. The second kappa shape index (κ2) is 14.7. The van der Waals surface area contributed by atoms with Crippen LogP contribution in [0.2, 0.25) is 0 Å². The van der Waals surface area contributed by atoms with Crippen molar-refractivity contribution in [3.63, 3.8) is 0 Å². The van der Waals surface area contributed by atoms with Crippen molar-refractivity contribution in [3.8, 4) is 22.7 Å². The number of aryl methyl sites for hydroxylation is 2. The molecule has 0 aliphatic heterocycles. The lowest BCUT2D eigenvalue weighted by molar-refractivity contribution is -0.670. The van der Waals surface area contributed by atoms with Crippen LogP contribution in [-0.2, 0) is 14.1 Å². The number of benzene rings is 6. The number of hydrogen-bond donors (Lipinski definition) is 0. The van der Waals surface area contributed by atoms with Crippen LogP contribution in [0.3, 0.4) is 0 Å². The molecule has 10 heteroatoms. The predicted molar refractivity (Wildman–Crippen MR) is 198 cm³/mol. The SMILES string of the molecule is C[n+]1ccn(-c2cccc3cc4cccc(-n5cc[n+](C)c5)c4cc23)c1.[I-].[I-].c1cc(-n2ccnc2)c2cc3c(-n4ccnc4)cccc3cc2c1. The molecule has 4 aromatic heterocycles. The van der Waals surface area contributed by atoms with Gasteiger partial charge in [0.1, 0.15) is 36.2 Å². The molecule has 0 atom stereocenters. The molecule has 0 amide bonds. The molecule has 0 fully saturated rings. The molecular weight excluding hydrogens is 870 g/mol. The maximum atomic E-state index is 4.18. The second-order valence-electron chi connectivity index (χ2n) is 12.6. The number of halogens is 2. The first-order valence-corrected chi connectivity index (χ1v) is 16.5. The zero-order valence-corrected chi connectivity index (χ0v) is 32.8. The number of hydrogen-bond acceptors (Lipinski definition) is 2. The smallest absolute Gasteiger partial charge is 0.248 e. The van der Waals surface area contributed by atoms with Crippen LogP contribution < -0.4 is 57.1 Å². The summed E-state index contributed by atoms with van der Waals surface area (Å²) in [5, 5.41) is 9.85. The van der Waals surface area contributed by atoms with Gasteiger partial charge in [0, 0.05) is 46.3 Å². The third kappa shape index (κ3) is 6.48. The molecule has 6 aromatic carbocycles. The van der Waals surface area contributed by atoms with Gasteiger partial charge in [0.15, 0.2) is 0 Å². The van der Waals surface area contributed by atoms with E-state index in [1.54, 1.807) is 12.4 Å². The number of nitrogens with zero attached hydrogens (tertiary/aromatic N) is 8. The molecule has 0 bridgehead atoms. The van der Waals surface area contributed by atoms with Crippen molar-refractivity contribution < 1.29 is 57.1 Å². The summed E-state index contributed by atoms with van der Waals surface area (Å²) in [6, 6.07) is 34.8. The van der Waals surface area contributed by atoms with Gasteiger partial charge in [0.2, 0.25) is 12.7 Å². The zero-order chi connectivity index (χ0) is 33.6. The Labute approximate surface area is 334 Å². The lowest BCUT2D eigenvalue weighted by Crippen LogP contribution is -3.00. The summed E-state index contributed by atoms with van der Waals surface area (Å²) in [6.45, 7) is 0. The maximum Gasteiger partial charge on any atom is 0.248 e. The van der Waals surface area contributed by atoms with Gasteiger partial charge in [-0.05, 0) is 70.1 Å². The summed E-state index contributed by atoms with van der Waals surface area (Å²) in [4.78, 5) is 8.35. The minimum atomic E-state index is 0. The van der Waals surface area contributed by atoms with Gasteiger partial charge in [-0.3, -0.25) is 0 Å². The van der Waals surface area contributed by atoms with Crippen LogP contribution in [0.15, 0.2) is 172 Å². The highest BCUT2D eigenvalue weighted by molar-refractivity contribution is 6.05. The van der Waals surface area contributed by atoms with Crippen LogP contribution in [0.1, 0.15) is 0 Å². The van der Waals surface area contributed by atoms with E-state index in [1.807, 2.05) is 48.3 Å². The van der Waals surface area contributed by atoms with Gasteiger partial charge in [-0.15, -0.1) is 0 Å². The molecule has 10 aromatic rings. The van der Waals surface area contributed by atoms with Crippen LogP contribution in [0.4, 0.5) is 0 Å². The highest BCUT2D eigenvalue weighted by atomic mass is 127. The van der Waals surface area contributed by atoms with E-state index in [0.717, 1.165) is 11.4 Å². The maximum absolute atomic E-state index is 4.18. The van der Waals surface area contributed by atoms with Crippen molar-refractivity contribution in [2.75, 3.05) is 0 Å². The molecule has 4 heterocycles. The van der Waals surface area contributed by atoms with E-state index in [0.29, 0.717) is 0 Å². The van der Waals surface area contributed by atoms with Crippen molar-refractivity contribution in [3.05, 3.63) is 172 Å². The minimum absolute atomic E-state index is 0. The number of aromatic nitrogens is 8. The van der Waals surface area contributed by atoms with Crippen molar-refractivity contribution in [1.82, 2.24) is 28.2 Å². The third-order valence-corrected chi connectivity index (χ3v) is 9.33. The van der Waals surface area contributed by atoms with Gasteiger partial charge in [0.05, 0.1) is 38.1 Å². The lowest BCUT2D eigenvalue weighted by Gasteiger charge is -2.12. The van der Waals surface area contributed by atoms with Crippen LogP contribution >= 0.6 is 0 Å². The van der Waals surface area contributed by atoms with E-state index in [2.05, 4.69) is 163 Å². The fourth-order valence-corrected chi connectivity index (χ4v) is 6.93. The standard InChI is InChI=1S/C22H20N4.C20H14N4.2HI/c1-23-9-11-25(15-23)21-7-3-5-17-13-18-6-4-8-22(20(18)14-19(17)21)26-12-10-24(2)16-26;1-3-15-11-16-4-2-6-20(24-10-8-22-14-24)18(16)12-17(15)19(5-1)23-9-7-21-13-23;;/h3-16H,1-2H3;1-14H;2*1H/q+2;;;/p-2. The molecule has 0 spiro atoms. The fourth-order valence-electron chi connectivity index (χ4n) is 6.93. The zero-order valence-electron chi connectivity index (χ0n) is 28.5. The monoisotopic (exact) mass is 904 g/mol. The molecule has 8 nitrogen and oxygen atoms in total. The van der Waals surface area contributed by atoms with Crippen LogP contribution in [-0.4, -0.2) is 28.2 Å². The Hall–Kier alpha value is -5.34.